The van der Waals surface area contributed by atoms with Crippen molar-refractivity contribution in [2.45, 2.75) is 73.1 Å². The molecule has 0 spiro atoms. The zero-order valence-electron chi connectivity index (χ0n) is 59.1. The molecule has 6 heterocycles. The molecule has 0 atom stereocenters. The van der Waals surface area contributed by atoms with E-state index in [-0.39, 0.29) is 10.2 Å². The number of rotatable bonds is 19. The number of aliphatic hydroxyl groups is 1. The molecule has 0 unspecified atom stereocenters. The van der Waals surface area contributed by atoms with Crippen LogP contribution in [0.15, 0.2) is 148 Å². The van der Waals surface area contributed by atoms with Crippen LogP contribution in [0, 0.1) is 34.6 Å². The fraction of sp³-hybridized carbons (Fsp3) is 0.342. The third-order valence-electron chi connectivity index (χ3n) is 15.6. The van der Waals surface area contributed by atoms with E-state index in [9.17, 15) is 17.5 Å². The summed E-state index contributed by atoms with van der Waals surface area (Å²) in [4.78, 5) is 30.9. The van der Waals surface area contributed by atoms with Gasteiger partial charge in [-0.3, -0.25) is 14.5 Å². The molecule has 2 saturated heterocycles. The van der Waals surface area contributed by atoms with Gasteiger partial charge in [-0.2, -0.15) is 18.4 Å². The third-order valence-corrected chi connectivity index (χ3v) is 20.8. The van der Waals surface area contributed by atoms with E-state index in [2.05, 4.69) is 109 Å². The van der Waals surface area contributed by atoms with E-state index in [1.165, 1.54) is 12.1 Å². The smallest absolute Gasteiger partial charge is 0.294 e. The first-order valence-corrected chi connectivity index (χ1v) is 41.5. The highest BCUT2D eigenvalue weighted by Crippen LogP contribution is 2.43. The highest BCUT2D eigenvalue weighted by molar-refractivity contribution is 9.11. The summed E-state index contributed by atoms with van der Waals surface area (Å²) in [5.74, 6) is 3.16. The molecule has 2 fully saturated rings. The first kappa shape index (κ1) is 80.8. The fourth-order valence-corrected chi connectivity index (χ4v) is 13.6. The molecule has 0 saturated carbocycles. The molecule has 101 heavy (non-hydrogen) atoms. The van der Waals surface area contributed by atoms with E-state index in [0.29, 0.717) is 70.9 Å². The van der Waals surface area contributed by atoms with Crippen LogP contribution >= 0.6 is 57.7 Å². The molecule has 9 aromatic rings. The number of anilines is 9. The quantitative estimate of drug-likeness (QED) is 0.0190. The number of nitrogens with zero attached hydrogens (tertiary/aromatic N) is 8. The molecule has 11 rings (SSSR count). The Morgan fingerprint density at radius 3 is 1.46 bits per heavy atom. The van der Waals surface area contributed by atoms with Gasteiger partial charge in [-0.15, -0.1) is 0 Å². The van der Waals surface area contributed by atoms with E-state index < -0.39 is 24.4 Å². The second-order valence-electron chi connectivity index (χ2n) is 24.4. The van der Waals surface area contributed by atoms with Crippen molar-refractivity contribution in [3.05, 3.63) is 176 Å². The van der Waals surface area contributed by atoms with E-state index in [0.717, 1.165) is 147 Å². The average molecular weight is 1590 g/mol. The van der Waals surface area contributed by atoms with Crippen LogP contribution in [0.3, 0.4) is 0 Å². The Bertz CT molecular complexity index is 4430. The summed E-state index contributed by atoms with van der Waals surface area (Å²) in [7, 11) is -9.24. The second kappa shape index (κ2) is 38.1. The molecule has 22 nitrogen and oxygen atoms in total. The summed E-state index contributed by atoms with van der Waals surface area (Å²) in [5, 5.41) is 19.6. The van der Waals surface area contributed by atoms with Crippen LogP contribution in [0.5, 0.6) is 11.5 Å². The third kappa shape index (κ3) is 24.3. The Kier molecular flexibility index (Phi) is 30.5. The largest absolute Gasteiger partial charge is 0.492 e. The zero-order valence-corrected chi connectivity index (χ0v) is 65.7. The van der Waals surface area contributed by atoms with E-state index >= 15 is 0 Å². The van der Waals surface area contributed by atoms with Crippen molar-refractivity contribution in [3.8, 4) is 34.0 Å². The first-order valence-electron chi connectivity index (χ1n) is 32.9. The summed E-state index contributed by atoms with van der Waals surface area (Å²) < 4.78 is 79.8. The number of benzene rings is 5. The van der Waals surface area contributed by atoms with Crippen LogP contribution in [0.4, 0.5) is 51.7 Å². The highest BCUT2D eigenvalue weighted by Gasteiger charge is 2.24. The highest BCUT2D eigenvalue weighted by atomic mass is 79.9. The molecule has 0 radical (unpaired) electrons. The molecule has 7 N–H and O–H groups in total. The minimum Gasteiger partial charge on any atom is -0.492 e. The number of nitrogens with two attached hydrogens (primary N) is 1. The maximum atomic E-state index is 13.4. The molecular weight excluding hydrogens is 1490 g/mol. The second-order valence-corrected chi connectivity index (χ2v) is 34.3. The van der Waals surface area contributed by atoms with E-state index in [1.54, 1.807) is 51.2 Å². The molecule has 0 bridgehead atoms. The van der Waals surface area contributed by atoms with Crippen LogP contribution in [-0.4, -0.2) is 147 Å². The number of aliphatic hydroxyl groups excluding tert-OH is 1. The van der Waals surface area contributed by atoms with Crippen molar-refractivity contribution < 1.29 is 46.2 Å². The van der Waals surface area contributed by atoms with Gasteiger partial charge < -0.3 is 64.7 Å². The van der Waals surface area contributed by atoms with Crippen LogP contribution in [0.2, 0.25) is 5.28 Å². The zero-order chi connectivity index (χ0) is 73.6. The Morgan fingerprint density at radius 2 is 1.03 bits per heavy atom. The molecular formula is C73H91Br2ClN12O10P2S. The minimum absolute atomic E-state index is 0.0666. The standard InChI is InChI=1S/C31H36BrN6O3P.C18H17BrClN4OP.C13H20N2O2.C7H8O3S.C4H10O/c1-6-41-28-17-26(21(3)15-27(28)38-11-13-40-14-12-38)36-31-34-19-23(32)30(37-31)35-25-10-8-22(16-29(25)42(4,5)39)24-9-7-20(2)18-33-24;1-11-4-6-14(21-9-11)12-5-7-15(16(8-12)26(2,3)25)23-17-13(19)10-22-18(20)24-17;1-3-17-13-9-11(14)10(2)8-12(13)15-4-6-16-7-5-15;1-6-2-4-7(5-3-6)11(8,9)10;1-2-3-4-5/h7-10,15-19H,6,11-14H2,1-5H3,(H2,34,35,36,37);4-10H,1-3H3,(H,22,23,24);8-9H,3-7,14H2,1-2H3;2-5H,1H3,(H,8,9,10);5H,2-4H2,1H3. The lowest BCUT2D eigenvalue weighted by atomic mass is 10.1. The predicted octanol–water partition coefficient (Wildman–Crippen LogP) is 16.0. The number of hydrogen-bond donors (Lipinski definition) is 6. The number of nitrogen functional groups attached to an aromatic ring is 1. The number of aromatic nitrogens is 6. The maximum absolute atomic E-state index is 13.4. The Hall–Kier alpha value is -7.54. The summed E-state index contributed by atoms with van der Waals surface area (Å²) in [5.41, 5.74) is 19.9. The van der Waals surface area contributed by atoms with Gasteiger partial charge in [0.05, 0.1) is 87.6 Å². The SMILES string of the molecule is CCCCO.CCOc1cc(N)c(C)cc1N1CCOCC1.CCOc1cc(Nc2ncc(Br)c(Nc3ccc(-c4ccc(C)cn4)cc3P(C)(C)=O)n2)c(C)cc1N1CCOCC1.Cc1ccc(-c2ccc(Nc3nc(Cl)ncc3Br)c(P(C)(C)=O)c2)nc1.Cc1ccc(S(=O)(=O)O)cc1. The Balaban J connectivity index is 0.000000205. The molecule has 0 amide bonds. The Morgan fingerprint density at radius 1 is 0.574 bits per heavy atom. The number of pyridine rings is 2. The van der Waals surface area contributed by atoms with Gasteiger partial charge in [0.2, 0.25) is 11.2 Å². The van der Waals surface area contributed by atoms with Crippen molar-refractivity contribution >= 4 is 130 Å². The van der Waals surface area contributed by atoms with Crippen LogP contribution in [0.25, 0.3) is 22.5 Å². The maximum Gasteiger partial charge on any atom is 0.294 e. The van der Waals surface area contributed by atoms with E-state index in [4.69, 9.17) is 50.9 Å². The number of nitrogens with one attached hydrogen (secondary N) is 3. The van der Waals surface area contributed by atoms with Gasteiger partial charge in [0.15, 0.2) is 0 Å². The number of morpholine rings is 2. The number of halogens is 3. The van der Waals surface area contributed by atoms with Gasteiger partial charge in [-0.05, 0) is 208 Å². The van der Waals surface area contributed by atoms with Crippen molar-refractivity contribution in [2.75, 3.05) is 131 Å². The van der Waals surface area contributed by atoms with E-state index in [1.807, 2.05) is 127 Å². The Labute approximate surface area is 615 Å². The normalized spacial score (nSPS) is 13.0. The van der Waals surface area contributed by atoms with Crippen LogP contribution in [-0.2, 0) is 28.7 Å². The summed E-state index contributed by atoms with van der Waals surface area (Å²) in [6, 6.07) is 33.7. The van der Waals surface area contributed by atoms with Gasteiger partial charge in [0.1, 0.15) is 37.4 Å². The molecule has 2 aliphatic rings. The van der Waals surface area contributed by atoms with Crippen LogP contribution in [0.1, 0.15) is 61.4 Å². The van der Waals surface area contributed by atoms with Crippen molar-refractivity contribution in [3.63, 3.8) is 0 Å². The molecule has 5 aromatic carbocycles. The van der Waals surface area contributed by atoms with Gasteiger partial charge in [0.25, 0.3) is 10.1 Å². The topological polar surface area (TPSA) is 292 Å². The van der Waals surface area contributed by atoms with Crippen molar-refractivity contribution in [1.29, 1.82) is 0 Å². The van der Waals surface area contributed by atoms with Gasteiger partial charge in [0, 0.05) is 103 Å². The first-order chi connectivity index (χ1) is 48.0. The summed E-state index contributed by atoms with van der Waals surface area (Å²) in [6.07, 6.45) is 8.95. The lowest BCUT2D eigenvalue weighted by molar-refractivity contribution is 0.122. The van der Waals surface area contributed by atoms with Crippen molar-refractivity contribution in [1.82, 2.24) is 29.9 Å². The molecule has 0 aliphatic carbocycles. The number of ether oxygens (including phenoxy) is 4. The number of unbranched alkanes of at least 4 members (excludes halogenated alkanes) is 1. The molecule has 2 aliphatic heterocycles. The number of aryl methyl sites for hydroxylation is 5. The summed E-state index contributed by atoms with van der Waals surface area (Å²) in [6.45, 7) is 30.9. The summed E-state index contributed by atoms with van der Waals surface area (Å²) >= 11 is 12.9. The minimum atomic E-state index is -4.02. The molecule has 4 aromatic heterocycles. The molecule has 28 heteroatoms. The van der Waals surface area contributed by atoms with Gasteiger partial charge in [-0.25, -0.2) is 9.97 Å². The monoisotopic (exact) mass is 1580 g/mol. The number of hydrogen-bond acceptors (Lipinski definition) is 21. The van der Waals surface area contributed by atoms with Crippen molar-refractivity contribution in [2.24, 2.45) is 0 Å². The predicted molar refractivity (Wildman–Crippen MR) is 419 cm³/mol. The van der Waals surface area contributed by atoms with Gasteiger partial charge >= 0.3 is 0 Å². The van der Waals surface area contributed by atoms with Gasteiger partial charge in [-0.1, -0.05) is 55.3 Å². The lowest BCUT2D eigenvalue weighted by Gasteiger charge is -2.31. The fourth-order valence-electron chi connectivity index (χ4n) is 10.1. The van der Waals surface area contributed by atoms with Crippen LogP contribution < -0.4 is 51.6 Å². The average Bonchev–Trinajstić information content (AvgIpc) is 0.806. The lowest BCUT2D eigenvalue weighted by Crippen LogP contribution is -2.36. The molecule has 540 valence electrons.